The largest absolute Gasteiger partial charge is 0.294 e. The zero-order chi connectivity index (χ0) is 32.4. The Bertz CT molecular complexity index is 3640. The number of benzene rings is 7. The number of imidazole rings is 2. The average molecular weight is 643 g/mol. The van der Waals surface area contributed by atoms with Gasteiger partial charge < -0.3 is 0 Å². The molecule has 13 aromatic rings. The second-order valence-electron chi connectivity index (χ2n) is 14.8. The molecule has 0 atom stereocenters. The van der Waals surface area contributed by atoms with Gasteiger partial charge in [0, 0.05) is 32.3 Å². The summed E-state index contributed by atoms with van der Waals surface area (Å²) in [6, 6.07) is 53.0. The van der Waals surface area contributed by atoms with Crippen molar-refractivity contribution in [2.45, 2.75) is 0 Å². The molecule has 2 aliphatic heterocycles. The number of nitrogens with zero attached hydrogens (tertiary/aromatic N) is 4. The minimum atomic E-state index is 0.0836. The van der Waals surface area contributed by atoms with Crippen LogP contribution in [0.15, 0.2) is 140 Å². The molecule has 0 N–H and O–H groups in total. The quantitative estimate of drug-likeness (QED) is 0.147. The molecule has 0 saturated carbocycles. The molecule has 51 heavy (non-hydrogen) atoms. The number of para-hydroxylation sites is 4. The lowest BCUT2D eigenvalue weighted by Gasteiger charge is -2.28. The van der Waals surface area contributed by atoms with Crippen molar-refractivity contribution in [2.75, 3.05) is 0 Å². The molecule has 15 rings (SSSR count). The molecular weight excluding hydrogens is 619 g/mol. The Morgan fingerprint density at radius 3 is 1.22 bits per heavy atom. The van der Waals surface area contributed by atoms with Gasteiger partial charge in [-0.2, -0.15) is 0 Å². The van der Waals surface area contributed by atoms with Crippen LogP contribution in [-0.2, 0) is 0 Å². The summed E-state index contributed by atoms with van der Waals surface area (Å²) in [6.45, 7) is 0.0836. The van der Waals surface area contributed by atoms with E-state index in [1.54, 1.807) is 0 Å². The van der Waals surface area contributed by atoms with Crippen LogP contribution in [-0.4, -0.2) is 24.3 Å². The van der Waals surface area contributed by atoms with Crippen molar-refractivity contribution in [3.63, 3.8) is 0 Å². The lowest BCUT2D eigenvalue weighted by atomic mass is 9.34. The highest BCUT2D eigenvalue weighted by molar-refractivity contribution is 7.01. The average Bonchev–Trinajstić information content (AvgIpc) is 3.86. The maximum atomic E-state index is 2.67. The monoisotopic (exact) mass is 642 g/mol. The fourth-order valence-corrected chi connectivity index (χ4v) is 11.2. The zero-order valence-corrected chi connectivity index (χ0v) is 27.1. The van der Waals surface area contributed by atoms with Crippen molar-refractivity contribution in [3.8, 4) is 0 Å². The molecule has 0 bridgehead atoms. The first-order valence-electron chi connectivity index (χ1n) is 17.9. The number of fused-ring (bicyclic) bond motifs is 16. The summed E-state index contributed by atoms with van der Waals surface area (Å²) >= 11 is 0. The predicted molar refractivity (Wildman–Crippen MR) is 215 cm³/mol. The Kier molecular flexibility index (Phi) is 3.69. The molecule has 0 fully saturated rings. The van der Waals surface area contributed by atoms with Gasteiger partial charge in [-0.15, -0.1) is 0 Å². The van der Waals surface area contributed by atoms with Crippen molar-refractivity contribution < 1.29 is 0 Å². The van der Waals surface area contributed by atoms with E-state index in [1.807, 2.05) is 0 Å². The molecule has 0 amide bonds. The van der Waals surface area contributed by atoms with Gasteiger partial charge in [0.05, 0.1) is 44.1 Å². The van der Waals surface area contributed by atoms with Crippen LogP contribution in [0.25, 0.3) is 109 Å². The highest BCUT2D eigenvalue weighted by Gasteiger charge is 2.40. The first-order valence-corrected chi connectivity index (χ1v) is 17.9. The molecule has 6 aromatic heterocycles. The topological polar surface area (TPSA) is 17.6 Å². The zero-order valence-electron chi connectivity index (χ0n) is 27.1. The Balaban J connectivity index is 1.42. The van der Waals surface area contributed by atoms with Crippen LogP contribution in [0.3, 0.4) is 0 Å². The van der Waals surface area contributed by atoms with E-state index >= 15 is 0 Å². The van der Waals surface area contributed by atoms with Crippen LogP contribution in [0, 0.1) is 0 Å². The Labute approximate surface area is 288 Å². The summed E-state index contributed by atoms with van der Waals surface area (Å²) in [4.78, 5) is 0. The highest BCUT2D eigenvalue weighted by atomic mass is 15.1. The number of aromatic nitrogens is 4. The molecule has 0 spiro atoms. The Morgan fingerprint density at radius 1 is 0.314 bits per heavy atom. The van der Waals surface area contributed by atoms with E-state index < -0.39 is 0 Å². The van der Waals surface area contributed by atoms with Gasteiger partial charge in [-0.05, 0) is 68.3 Å². The van der Waals surface area contributed by atoms with Crippen LogP contribution in [0.4, 0.5) is 0 Å². The number of hydrogen-bond donors (Lipinski definition) is 0. The fourth-order valence-electron chi connectivity index (χ4n) is 11.2. The van der Waals surface area contributed by atoms with Gasteiger partial charge in [0.2, 0.25) is 0 Å². The molecular formula is C46H23BN4. The van der Waals surface area contributed by atoms with Gasteiger partial charge in [0.25, 0.3) is 6.71 Å². The third kappa shape index (κ3) is 2.35. The standard InChI is InChI=1S/C46H23BN4/c1-3-13-26-24(11-1)30-23-31-25-12-2-4-14-27(25)39-29-16-6-8-20-35(29)49-37-22-10-18-33-44(37)51(46(39)49)42(31)40-41(30)50-43-32(47(33)40)17-9-21-36(43)48-34-19-7-5-15-28(34)38(26)45(48)50/h1-23H. The van der Waals surface area contributed by atoms with Gasteiger partial charge >= 0.3 is 0 Å². The van der Waals surface area contributed by atoms with Crippen molar-refractivity contribution in [3.05, 3.63) is 140 Å². The molecule has 230 valence electrons. The van der Waals surface area contributed by atoms with Crippen LogP contribution in [0.5, 0.6) is 0 Å². The third-order valence-electron chi connectivity index (χ3n) is 12.8. The summed E-state index contributed by atoms with van der Waals surface area (Å²) in [5, 5.41) is 13.1. The van der Waals surface area contributed by atoms with E-state index in [0.29, 0.717) is 0 Å². The molecule has 0 unspecified atom stereocenters. The van der Waals surface area contributed by atoms with E-state index in [4.69, 9.17) is 0 Å². The van der Waals surface area contributed by atoms with Crippen LogP contribution < -0.4 is 16.4 Å². The van der Waals surface area contributed by atoms with Gasteiger partial charge in [0.1, 0.15) is 11.3 Å². The summed E-state index contributed by atoms with van der Waals surface area (Å²) in [6.07, 6.45) is 0. The lowest BCUT2D eigenvalue weighted by molar-refractivity contribution is 1.27. The maximum absolute atomic E-state index is 2.67. The second-order valence-corrected chi connectivity index (χ2v) is 14.8. The van der Waals surface area contributed by atoms with E-state index in [-0.39, 0.29) is 6.71 Å². The van der Waals surface area contributed by atoms with Crippen LogP contribution in [0.1, 0.15) is 0 Å². The molecule has 2 aliphatic rings. The minimum absolute atomic E-state index is 0.0836. The maximum Gasteiger partial charge on any atom is 0.252 e. The van der Waals surface area contributed by atoms with E-state index in [9.17, 15) is 0 Å². The summed E-state index contributed by atoms with van der Waals surface area (Å²) in [7, 11) is 0. The smallest absolute Gasteiger partial charge is 0.252 e. The Hall–Kier alpha value is -6.72. The van der Waals surface area contributed by atoms with Gasteiger partial charge in [0.15, 0.2) is 0 Å². The third-order valence-corrected chi connectivity index (χ3v) is 12.8. The van der Waals surface area contributed by atoms with Crippen molar-refractivity contribution in [2.24, 2.45) is 0 Å². The van der Waals surface area contributed by atoms with Gasteiger partial charge in [-0.25, -0.2) is 0 Å². The number of rotatable bonds is 0. The van der Waals surface area contributed by atoms with Gasteiger partial charge in [-0.3, -0.25) is 17.6 Å². The number of hydrogen-bond acceptors (Lipinski definition) is 0. The van der Waals surface area contributed by atoms with E-state index in [0.717, 1.165) is 0 Å². The molecule has 0 radical (unpaired) electrons. The minimum Gasteiger partial charge on any atom is -0.294 e. The second kappa shape index (κ2) is 7.70. The molecule has 0 saturated heterocycles. The fraction of sp³-hybridized carbons (Fsp3) is 0. The summed E-state index contributed by atoms with van der Waals surface area (Å²) in [5.74, 6) is 0. The summed E-state index contributed by atoms with van der Waals surface area (Å²) in [5.41, 5.74) is 17.1. The molecule has 8 heterocycles. The first kappa shape index (κ1) is 24.4. The SMILES string of the molecule is c1ccc2c(c1)c1cc3c4ccccc4c4c5ccccc5n5c6cccc7c6n(c3c3c1n1c6c(cccc6n6c8ccccc8c2c61)B37)c45. The normalized spacial score (nSPS) is 13.8. The van der Waals surface area contributed by atoms with E-state index in [2.05, 4.69) is 157 Å². The first-order chi connectivity index (χ1) is 25.4. The molecule has 0 aliphatic carbocycles. The summed E-state index contributed by atoms with van der Waals surface area (Å²) < 4.78 is 10.4. The lowest BCUT2D eigenvalue weighted by Crippen LogP contribution is -2.57. The van der Waals surface area contributed by atoms with Crippen molar-refractivity contribution >= 4 is 132 Å². The molecule has 4 nitrogen and oxygen atoms in total. The van der Waals surface area contributed by atoms with Gasteiger partial charge in [-0.1, -0.05) is 109 Å². The Morgan fingerprint density at radius 2 is 0.725 bits per heavy atom. The predicted octanol–water partition coefficient (Wildman–Crippen LogP) is 9.07. The van der Waals surface area contributed by atoms with Crippen molar-refractivity contribution in [1.82, 2.24) is 17.6 Å². The van der Waals surface area contributed by atoms with Crippen LogP contribution >= 0.6 is 0 Å². The van der Waals surface area contributed by atoms with Crippen molar-refractivity contribution in [1.29, 1.82) is 0 Å². The van der Waals surface area contributed by atoms with Crippen LogP contribution in [0.2, 0.25) is 0 Å². The van der Waals surface area contributed by atoms with E-state index in [1.165, 1.54) is 126 Å². The highest BCUT2D eigenvalue weighted by Crippen LogP contribution is 2.46. The molecule has 5 heteroatoms. The molecule has 7 aromatic carbocycles.